The van der Waals surface area contributed by atoms with Gasteiger partial charge in [0.25, 0.3) is 0 Å². The molecule has 198 valence electrons. The summed E-state index contributed by atoms with van der Waals surface area (Å²) in [4.78, 5) is 12.4. The number of benzene rings is 3. The molecule has 1 saturated heterocycles. The second-order valence-electron chi connectivity index (χ2n) is 9.50. The van der Waals surface area contributed by atoms with Crippen LogP contribution >= 0.6 is 11.6 Å². The van der Waals surface area contributed by atoms with E-state index in [4.69, 9.17) is 26.7 Å². The Kier molecular flexibility index (Phi) is 6.80. The zero-order valence-electron chi connectivity index (χ0n) is 21.4. The van der Waals surface area contributed by atoms with Crippen molar-refractivity contribution in [2.45, 2.75) is 18.2 Å². The third-order valence-corrected chi connectivity index (χ3v) is 9.09. The van der Waals surface area contributed by atoms with Gasteiger partial charge in [0.1, 0.15) is 11.6 Å². The van der Waals surface area contributed by atoms with Gasteiger partial charge >= 0.3 is 0 Å². The van der Waals surface area contributed by atoms with Gasteiger partial charge in [-0.05, 0) is 48.9 Å². The number of nitrogens with zero attached hydrogens (tertiary/aromatic N) is 6. The maximum atomic E-state index is 13.3. The van der Waals surface area contributed by atoms with Crippen molar-refractivity contribution in [1.29, 1.82) is 0 Å². The molecule has 3 heterocycles. The largest absolute Gasteiger partial charge is 0.353 e. The molecule has 1 aliphatic heterocycles. The number of rotatable bonds is 6. The molecule has 6 rings (SSSR count). The standard InChI is InChI=1S/C29H27ClN6O2S/c1-21-27-28(34-16-18-35(19-17-34)39(37,38)25-14-12-23(30)13-15-25)31-26(20-22-8-4-2-5-9-22)32-29(27)36(33-21)24-10-6-3-7-11-24/h2-15H,16-20H2,1H3. The van der Waals surface area contributed by atoms with Crippen LogP contribution in [0.2, 0.25) is 5.02 Å². The summed E-state index contributed by atoms with van der Waals surface area (Å²) in [5.74, 6) is 1.48. The van der Waals surface area contributed by atoms with Gasteiger partial charge in [0, 0.05) is 37.6 Å². The van der Waals surface area contributed by atoms with Crippen molar-refractivity contribution in [2.24, 2.45) is 0 Å². The molecule has 5 aromatic rings. The van der Waals surface area contributed by atoms with E-state index in [1.807, 2.05) is 60.1 Å². The Morgan fingerprint density at radius 2 is 1.46 bits per heavy atom. The van der Waals surface area contributed by atoms with Crippen LogP contribution in [0.5, 0.6) is 0 Å². The number of hydrogen-bond donors (Lipinski definition) is 0. The van der Waals surface area contributed by atoms with E-state index in [0.717, 1.165) is 33.8 Å². The molecule has 0 bridgehead atoms. The monoisotopic (exact) mass is 558 g/mol. The average molecular weight is 559 g/mol. The molecule has 39 heavy (non-hydrogen) atoms. The molecule has 0 atom stereocenters. The first kappa shape index (κ1) is 25.5. The molecular weight excluding hydrogens is 532 g/mol. The van der Waals surface area contributed by atoms with E-state index in [2.05, 4.69) is 17.0 Å². The Hall–Kier alpha value is -3.79. The van der Waals surface area contributed by atoms with Gasteiger partial charge in [0.2, 0.25) is 10.0 Å². The molecule has 10 heteroatoms. The van der Waals surface area contributed by atoms with Crippen LogP contribution in [0.15, 0.2) is 89.8 Å². The van der Waals surface area contributed by atoms with Crippen molar-refractivity contribution in [3.05, 3.63) is 107 Å². The molecule has 0 saturated carbocycles. The average Bonchev–Trinajstić information content (AvgIpc) is 3.30. The van der Waals surface area contributed by atoms with Crippen LogP contribution < -0.4 is 4.90 Å². The summed E-state index contributed by atoms with van der Waals surface area (Å²) < 4.78 is 29.9. The predicted octanol–water partition coefficient (Wildman–Crippen LogP) is 4.88. The van der Waals surface area contributed by atoms with Crippen molar-refractivity contribution >= 4 is 38.5 Å². The Morgan fingerprint density at radius 1 is 0.821 bits per heavy atom. The maximum absolute atomic E-state index is 13.3. The quantitative estimate of drug-likeness (QED) is 0.295. The van der Waals surface area contributed by atoms with Crippen molar-refractivity contribution in [2.75, 3.05) is 31.1 Å². The smallest absolute Gasteiger partial charge is 0.243 e. The number of halogens is 1. The third kappa shape index (κ3) is 5.01. The van der Waals surface area contributed by atoms with Crippen LogP contribution in [0.3, 0.4) is 0 Å². The number of aryl methyl sites for hydroxylation is 1. The molecule has 1 fully saturated rings. The van der Waals surface area contributed by atoms with Crippen molar-refractivity contribution in [3.63, 3.8) is 0 Å². The van der Waals surface area contributed by atoms with Gasteiger partial charge in [-0.25, -0.2) is 23.1 Å². The van der Waals surface area contributed by atoms with E-state index in [9.17, 15) is 8.42 Å². The molecule has 8 nitrogen and oxygen atoms in total. The van der Waals surface area contributed by atoms with E-state index in [1.165, 1.54) is 4.31 Å². The lowest BCUT2D eigenvalue weighted by atomic mass is 10.1. The molecule has 0 spiro atoms. The number of para-hydroxylation sites is 1. The minimum Gasteiger partial charge on any atom is -0.353 e. The first-order valence-corrected chi connectivity index (χ1v) is 14.6. The van der Waals surface area contributed by atoms with Gasteiger partial charge in [-0.2, -0.15) is 9.40 Å². The van der Waals surface area contributed by atoms with Crippen molar-refractivity contribution in [3.8, 4) is 5.69 Å². The van der Waals surface area contributed by atoms with Crippen LogP contribution in [0.4, 0.5) is 5.82 Å². The Balaban J connectivity index is 1.37. The molecule has 2 aromatic heterocycles. The molecular formula is C29H27ClN6O2S. The summed E-state index contributed by atoms with van der Waals surface area (Å²) in [5.41, 5.74) is 3.60. The maximum Gasteiger partial charge on any atom is 0.243 e. The highest BCUT2D eigenvalue weighted by Gasteiger charge is 2.31. The van der Waals surface area contributed by atoms with Gasteiger partial charge in [-0.15, -0.1) is 0 Å². The minimum atomic E-state index is -3.62. The van der Waals surface area contributed by atoms with Gasteiger partial charge in [-0.1, -0.05) is 60.1 Å². The highest BCUT2D eigenvalue weighted by molar-refractivity contribution is 7.89. The second kappa shape index (κ2) is 10.4. The van der Waals surface area contributed by atoms with Gasteiger partial charge in [0.05, 0.1) is 21.7 Å². The fraction of sp³-hybridized carbons (Fsp3) is 0.207. The van der Waals surface area contributed by atoms with Crippen LogP contribution in [-0.4, -0.2) is 58.7 Å². The highest BCUT2D eigenvalue weighted by atomic mass is 35.5. The predicted molar refractivity (Wildman–Crippen MR) is 153 cm³/mol. The van der Waals surface area contributed by atoms with Gasteiger partial charge < -0.3 is 4.90 Å². The van der Waals surface area contributed by atoms with E-state index in [0.29, 0.717) is 43.4 Å². The molecule has 0 aliphatic carbocycles. The van der Waals surface area contributed by atoms with Crippen LogP contribution in [-0.2, 0) is 16.4 Å². The van der Waals surface area contributed by atoms with Crippen LogP contribution in [0.1, 0.15) is 17.1 Å². The van der Waals surface area contributed by atoms with E-state index >= 15 is 0 Å². The summed E-state index contributed by atoms with van der Waals surface area (Å²) in [6.07, 6.45) is 0.577. The SMILES string of the molecule is Cc1nn(-c2ccccc2)c2nc(Cc3ccccc3)nc(N3CCN(S(=O)(=O)c4ccc(Cl)cc4)CC3)c12. The molecule has 3 aromatic carbocycles. The van der Waals surface area contributed by atoms with Crippen molar-refractivity contribution < 1.29 is 8.42 Å². The lowest BCUT2D eigenvalue weighted by Crippen LogP contribution is -2.49. The number of piperazine rings is 1. The van der Waals surface area contributed by atoms with E-state index in [-0.39, 0.29) is 4.90 Å². The topological polar surface area (TPSA) is 84.2 Å². The number of aromatic nitrogens is 4. The molecule has 0 unspecified atom stereocenters. The lowest BCUT2D eigenvalue weighted by molar-refractivity contribution is 0.384. The molecule has 0 N–H and O–H groups in total. The molecule has 1 aliphatic rings. The summed E-state index contributed by atoms with van der Waals surface area (Å²) in [6.45, 7) is 3.65. The first-order chi connectivity index (χ1) is 18.9. The summed E-state index contributed by atoms with van der Waals surface area (Å²) >= 11 is 5.97. The zero-order chi connectivity index (χ0) is 27.0. The highest BCUT2D eigenvalue weighted by Crippen LogP contribution is 2.31. The Bertz CT molecular complexity index is 1720. The zero-order valence-corrected chi connectivity index (χ0v) is 23.0. The van der Waals surface area contributed by atoms with Gasteiger partial charge in [0.15, 0.2) is 5.65 Å². The minimum absolute atomic E-state index is 0.245. The number of hydrogen-bond acceptors (Lipinski definition) is 6. The lowest BCUT2D eigenvalue weighted by Gasteiger charge is -2.35. The van der Waals surface area contributed by atoms with Crippen molar-refractivity contribution in [1.82, 2.24) is 24.1 Å². The second-order valence-corrected chi connectivity index (χ2v) is 11.9. The Morgan fingerprint density at radius 3 is 2.13 bits per heavy atom. The number of anilines is 1. The number of fused-ring (bicyclic) bond motifs is 1. The first-order valence-electron chi connectivity index (χ1n) is 12.8. The summed E-state index contributed by atoms with van der Waals surface area (Å²) in [7, 11) is -3.62. The van der Waals surface area contributed by atoms with Crippen LogP contribution in [0.25, 0.3) is 16.7 Å². The third-order valence-electron chi connectivity index (χ3n) is 6.92. The van der Waals surface area contributed by atoms with Gasteiger partial charge in [-0.3, -0.25) is 0 Å². The summed E-state index contributed by atoms with van der Waals surface area (Å²) in [5, 5.41) is 6.22. The fourth-order valence-corrected chi connectivity index (χ4v) is 6.49. The number of sulfonamides is 1. The fourth-order valence-electron chi connectivity index (χ4n) is 4.94. The van der Waals surface area contributed by atoms with E-state index in [1.54, 1.807) is 24.3 Å². The molecule has 0 radical (unpaired) electrons. The van der Waals surface area contributed by atoms with Crippen LogP contribution in [0, 0.1) is 6.92 Å². The summed E-state index contributed by atoms with van der Waals surface area (Å²) in [6, 6.07) is 26.4. The normalized spacial score (nSPS) is 14.7. The Labute approximate surface area is 232 Å². The van der Waals surface area contributed by atoms with E-state index < -0.39 is 10.0 Å². The molecule has 0 amide bonds.